The van der Waals surface area contributed by atoms with Gasteiger partial charge in [0.1, 0.15) is 5.60 Å². The molecule has 0 fully saturated rings. The molecule has 2 N–H and O–H groups in total. The predicted octanol–water partition coefficient (Wildman–Crippen LogP) is 1.05. The molecule has 1 atom stereocenters. The summed E-state index contributed by atoms with van der Waals surface area (Å²) >= 11 is 0. The first-order valence-corrected chi connectivity index (χ1v) is 6.70. The first kappa shape index (κ1) is 14.9. The summed E-state index contributed by atoms with van der Waals surface area (Å²) in [6, 6.07) is 5.06. The van der Waals surface area contributed by atoms with Gasteiger partial charge in [0.25, 0.3) is 0 Å². The number of carbonyl (C=O) groups is 1. The van der Waals surface area contributed by atoms with Gasteiger partial charge < -0.3 is 14.8 Å². The lowest BCUT2D eigenvalue weighted by atomic mass is 9.79. The van der Waals surface area contributed by atoms with Crippen molar-refractivity contribution >= 4 is 24.4 Å². The van der Waals surface area contributed by atoms with Crippen LogP contribution in [0.2, 0.25) is 0 Å². The fraction of sp³-hybridized carbons (Fsp3) is 0.500. The number of hydrogen-bond acceptors (Lipinski definition) is 4. The van der Waals surface area contributed by atoms with Crippen LogP contribution in [0.25, 0.3) is 0 Å². The maximum absolute atomic E-state index is 12.3. The molecule has 0 spiro atoms. The highest BCUT2D eigenvalue weighted by molar-refractivity contribution is 6.58. The number of amides is 1. The van der Waals surface area contributed by atoms with Crippen LogP contribution in [0.15, 0.2) is 18.2 Å². The van der Waals surface area contributed by atoms with Crippen molar-refractivity contribution in [3.05, 3.63) is 23.8 Å². The van der Waals surface area contributed by atoms with Gasteiger partial charge in [-0.2, -0.15) is 0 Å². The fourth-order valence-corrected chi connectivity index (χ4v) is 2.40. The second-order valence-electron chi connectivity index (χ2n) is 6.17. The molecule has 1 aliphatic heterocycles. The largest absolute Gasteiger partial charge is 0.488 e. The standard InChI is InChI=1S/C14H20BNO4/c1-9-7-10-8-11(15(18)19)5-6-12(10)16(9)13(17)20-14(2,3)4/h5-6,8-9,18-19H,7H2,1-4H3/t9-/m0/s1. The molecule has 1 aromatic carbocycles. The highest BCUT2D eigenvalue weighted by atomic mass is 16.6. The summed E-state index contributed by atoms with van der Waals surface area (Å²) in [6.45, 7) is 7.44. The average molecular weight is 277 g/mol. The lowest BCUT2D eigenvalue weighted by Crippen LogP contribution is -2.40. The summed E-state index contributed by atoms with van der Waals surface area (Å²) in [4.78, 5) is 13.9. The Kier molecular flexibility index (Phi) is 3.80. The zero-order valence-electron chi connectivity index (χ0n) is 12.3. The van der Waals surface area contributed by atoms with E-state index in [0.29, 0.717) is 11.9 Å². The van der Waals surface area contributed by atoms with Gasteiger partial charge in [-0.05, 0) is 51.2 Å². The van der Waals surface area contributed by atoms with Gasteiger partial charge in [0.2, 0.25) is 0 Å². The summed E-state index contributed by atoms with van der Waals surface area (Å²) in [6.07, 6.45) is 0.302. The van der Waals surface area contributed by atoms with E-state index in [9.17, 15) is 14.8 Å². The van der Waals surface area contributed by atoms with Crippen molar-refractivity contribution in [2.75, 3.05) is 4.90 Å². The lowest BCUT2D eigenvalue weighted by molar-refractivity contribution is 0.0572. The Hall–Kier alpha value is -1.53. The molecule has 0 unspecified atom stereocenters. The number of hydrogen-bond donors (Lipinski definition) is 2. The van der Waals surface area contributed by atoms with Crippen molar-refractivity contribution in [3.63, 3.8) is 0 Å². The Morgan fingerprint density at radius 3 is 2.60 bits per heavy atom. The third-order valence-corrected chi connectivity index (χ3v) is 3.21. The Morgan fingerprint density at radius 1 is 1.40 bits per heavy atom. The summed E-state index contributed by atoms with van der Waals surface area (Å²) in [5.41, 5.74) is 1.59. The van der Waals surface area contributed by atoms with Crippen LogP contribution in [-0.2, 0) is 11.2 Å². The van der Waals surface area contributed by atoms with Crippen LogP contribution in [0.1, 0.15) is 33.3 Å². The first-order valence-electron chi connectivity index (χ1n) is 6.70. The molecule has 6 heteroatoms. The van der Waals surface area contributed by atoms with Crippen molar-refractivity contribution < 1.29 is 19.6 Å². The van der Waals surface area contributed by atoms with E-state index in [-0.39, 0.29) is 12.1 Å². The normalized spacial score (nSPS) is 17.9. The lowest BCUT2D eigenvalue weighted by Gasteiger charge is -2.27. The second-order valence-corrected chi connectivity index (χ2v) is 6.17. The maximum Gasteiger partial charge on any atom is 0.488 e. The topological polar surface area (TPSA) is 70.0 Å². The summed E-state index contributed by atoms with van der Waals surface area (Å²) in [5, 5.41) is 18.4. The van der Waals surface area contributed by atoms with Gasteiger partial charge in [0.05, 0.1) is 5.69 Å². The van der Waals surface area contributed by atoms with E-state index in [0.717, 1.165) is 11.3 Å². The predicted molar refractivity (Wildman–Crippen MR) is 78.1 cm³/mol. The number of rotatable bonds is 1. The minimum atomic E-state index is -1.49. The Labute approximate surface area is 119 Å². The molecular weight excluding hydrogens is 257 g/mol. The molecule has 1 aromatic rings. The molecule has 0 saturated heterocycles. The van der Waals surface area contributed by atoms with E-state index in [2.05, 4.69) is 0 Å². The number of carbonyl (C=O) groups excluding carboxylic acids is 1. The summed E-state index contributed by atoms with van der Waals surface area (Å²) in [5.74, 6) is 0. The quantitative estimate of drug-likeness (QED) is 0.753. The van der Waals surface area contributed by atoms with E-state index in [1.54, 1.807) is 23.1 Å². The smallest absolute Gasteiger partial charge is 0.443 e. The van der Waals surface area contributed by atoms with Gasteiger partial charge in [-0.1, -0.05) is 12.1 Å². The Morgan fingerprint density at radius 2 is 2.05 bits per heavy atom. The van der Waals surface area contributed by atoms with E-state index >= 15 is 0 Å². The molecular formula is C14H20BNO4. The third-order valence-electron chi connectivity index (χ3n) is 3.21. The van der Waals surface area contributed by atoms with E-state index < -0.39 is 12.7 Å². The van der Waals surface area contributed by atoms with Crippen LogP contribution in [-0.4, -0.2) is 34.9 Å². The minimum absolute atomic E-state index is 0.00839. The zero-order valence-corrected chi connectivity index (χ0v) is 12.3. The first-order chi connectivity index (χ1) is 9.19. The molecule has 2 rings (SSSR count). The molecule has 0 radical (unpaired) electrons. The average Bonchev–Trinajstić information content (AvgIpc) is 2.61. The van der Waals surface area contributed by atoms with Crippen LogP contribution in [0.3, 0.4) is 0 Å². The number of anilines is 1. The zero-order chi connectivity index (χ0) is 15.1. The SMILES string of the molecule is C[C@H]1Cc2cc(B(O)O)ccc2N1C(=O)OC(C)(C)C. The van der Waals surface area contributed by atoms with Crippen molar-refractivity contribution in [2.45, 2.75) is 45.8 Å². The molecule has 20 heavy (non-hydrogen) atoms. The number of ether oxygens (including phenoxy) is 1. The molecule has 0 aromatic heterocycles. The summed E-state index contributed by atoms with van der Waals surface area (Å²) in [7, 11) is -1.49. The van der Waals surface area contributed by atoms with E-state index in [4.69, 9.17) is 4.74 Å². The fourth-order valence-electron chi connectivity index (χ4n) is 2.40. The van der Waals surface area contributed by atoms with Gasteiger partial charge >= 0.3 is 13.2 Å². The molecule has 1 heterocycles. The van der Waals surface area contributed by atoms with E-state index in [1.165, 1.54) is 0 Å². The molecule has 1 aliphatic rings. The van der Waals surface area contributed by atoms with Crippen LogP contribution in [0.4, 0.5) is 10.5 Å². The second kappa shape index (κ2) is 5.11. The van der Waals surface area contributed by atoms with Crippen molar-refractivity contribution in [1.82, 2.24) is 0 Å². The highest BCUT2D eigenvalue weighted by Gasteiger charge is 2.34. The minimum Gasteiger partial charge on any atom is -0.443 e. The van der Waals surface area contributed by atoms with Gasteiger partial charge in [-0.25, -0.2) is 4.79 Å². The molecule has 0 aliphatic carbocycles. The van der Waals surface area contributed by atoms with Crippen molar-refractivity contribution in [3.8, 4) is 0 Å². The van der Waals surface area contributed by atoms with Crippen molar-refractivity contribution in [1.29, 1.82) is 0 Å². The molecule has 0 bridgehead atoms. The van der Waals surface area contributed by atoms with Gasteiger partial charge in [0, 0.05) is 6.04 Å². The van der Waals surface area contributed by atoms with Crippen LogP contribution < -0.4 is 10.4 Å². The molecule has 108 valence electrons. The molecule has 5 nitrogen and oxygen atoms in total. The number of benzene rings is 1. The van der Waals surface area contributed by atoms with Gasteiger partial charge in [0.15, 0.2) is 0 Å². The van der Waals surface area contributed by atoms with Gasteiger partial charge in [-0.15, -0.1) is 0 Å². The maximum atomic E-state index is 12.3. The monoisotopic (exact) mass is 277 g/mol. The van der Waals surface area contributed by atoms with Crippen LogP contribution in [0.5, 0.6) is 0 Å². The molecule has 1 amide bonds. The number of nitrogens with zero attached hydrogens (tertiary/aromatic N) is 1. The molecule has 0 saturated carbocycles. The third kappa shape index (κ3) is 2.97. The van der Waals surface area contributed by atoms with E-state index in [1.807, 2.05) is 27.7 Å². The Balaban J connectivity index is 2.29. The van der Waals surface area contributed by atoms with Gasteiger partial charge in [-0.3, -0.25) is 4.90 Å². The van der Waals surface area contributed by atoms with Crippen LogP contribution in [0, 0.1) is 0 Å². The highest BCUT2D eigenvalue weighted by Crippen LogP contribution is 2.32. The van der Waals surface area contributed by atoms with Crippen LogP contribution >= 0.6 is 0 Å². The van der Waals surface area contributed by atoms with Crippen molar-refractivity contribution in [2.24, 2.45) is 0 Å². The number of fused-ring (bicyclic) bond motifs is 1. The summed E-state index contributed by atoms with van der Waals surface area (Å²) < 4.78 is 5.41. The Bertz CT molecular complexity index is 524.